The van der Waals surface area contributed by atoms with Gasteiger partial charge in [-0.05, 0) is 30.9 Å². The highest BCUT2D eigenvalue weighted by molar-refractivity contribution is 5.77. The first kappa shape index (κ1) is 11.7. The van der Waals surface area contributed by atoms with E-state index < -0.39 is 0 Å². The lowest BCUT2D eigenvalue weighted by molar-refractivity contribution is 0.111. The Bertz CT molecular complexity index is 310. The van der Waals surface area contributed by atoms with Crippen molar-refractivity contribution in [3.8, 4) is 5.88 Å². The molecule has 0 bridgehead atoms. The zero-order valence-electron chi connectivity index (χ0n) is 9.27. The van der Waals surface area contributed by atoms with Crippen LogP contribution in [-0.2, 0) is 0 Å². The Morgan fingerprint density at radius 1 is 1.53 bits per heavy atom. The second-order valence-corrected chi connectivity index (χ2v) is 3.90. The van der Waals surface area contributed by atoms with Gasteiger partial charge < -0.3 is 4.74 Å². The molecule has 15 heavy (non-hydrogen) atoms. The van der Waals surface area contributed by atoms with E-state index in [1.165, 1.54) is 0 Å². The number of aldehydes is 1. The lowest BCUT2D eigenvalue weighted by atomic mass is 10.1. The van der Waals surface area contributed by atoms with E-state index in [9.17, 15) is 4.79 Å². The number of aromatic nitrogens is 1. The molecular weight excluding hydrogens is 190 g/mol. The first-order valence-electron chi connectivity index (χ1n) is 5.27. The third-order valence-electron chi connectivity index (χ3n) is 2.09. The van der Waals surface area contributed by atoms with Crippen LogP contribution >= 0.6 is 0 Å². The molecule has 0 radical (unpaired) electrons. The van der Waals surface area contributed by atoms with Gasteiger partial charge >= 0.3 is 0 Å². The normalized spacial score (nSPS) is 10.3. The minimum Gasteiger partial charge on any atom is -0.477 e. The van der Waals surface area contributed by atoms with Gasteiger partial charge in [-0.3, -0.25) is 4.79 Å². The number of pyridine rings is 1. The zero-order chi connectivity index (χ0) is 11.1. The van der Waals surface area contributed by atoms with Gasteiger partial charge in [0.15, 0.2) is 6.29 Å². The summed E-state index contributed by atoms with van der Waals surface area (Å²) in [6.07, 6.45) is 4.52. The van der Waals surface area contributed by atoms with Crippen LogP contribution in [0, 0.1) is 5.92 Å². The van der Waals surface area contributed by atoms with Gasteiger partial charge in [0.25, 0.3) is 0 Å². The molecule has 0 saturated heterocycles. The highest BCUT2D eigenvalue weighted by atomic mass is 16.5. The van der Waals surface area contributed by atoms with Gasteiger partial charge in [-0.25, -0.2) is 4.98 Å². The topological polar surface area (TPSA) is 39.2 Å². The van der Waals surface area contributed by atoms with Gasteiger partial charge in [0, 0.05) is 6.20 Å². The SMILES string of the molecule is CC(C)CCCOc1ncccc1C=O. The fourth-order valence-electron chi connectivity index (χ4n) is 1.27. The van der Waals surface area contributed by atoms with Crippen molar-refractivity contribution in [2.45, 2.75) is 26.7 Å². The molecule has 0 N–H and O–H groups in total. The van der Waals surface area contributed by atoms with E-state index in [4.69, 9.17) is 4.74 Å². The molecule has 0 aliphatic carbocycles. The largest absolute Gasteiger partial charge is 0.477 e. The Balaban J connectivity index is 2.40. The van der Waals surface area contributed by atoms with Crippen molar-refractivity contribution in [1.29, 1.82) is 0 Å². The lowest BCUT2D eigenvalue weighted by Crippen LogP contribution is -2.03. The molecule has 0 spiro atoms. The number of carbonyl (C=O) groups is 1. The van der Waals surface area contributed by atoms with Gasteiger partial charge in [0.1, 0.15) is 0 Å². The Kier molecular flexibility index (Phi) is 4.81. The van der Waals surface area contributed by atoms with E-state index in [2.05, 4.69) is 18.8 Å². The van der Waals surface area contributed by atoms with Gasteiger partial charge in [0.2, 0.25) is 5.88 Å². The Labute approximate surface area is 90.5 Å². The van der Waals surface area contributed by atoms with Crippen LogP contribution in [0.25, 0.3) is 0 Å². The number of nitrogens with zero attached hydrogens (tertiary/aromatic N) is 1. The van der Waals surface area contributed by atoms with Crippen molar-refractivity contribution in [3.05, 3.63) is 23.9 Å². The molecule has 3 nitrogen and oxygen atoms in total. The van der Waals surface area contributed by atoms with Crippen molar-refractivity contribution in [3.63, 3.8) is 0 Å². The summed E-state index contributed by atoms with van der Waals surface area (Å²) >= 11 is 0. The Hall–Kier alpha value is -1.38. The van der Waals surface area contributed by atoms with Crippen molar-refractivity contribution in [2.75, 3.05) is 6.61 Å². The molecular formula is C12H17NO2. The lowest BCUT2D eigenvalue weighted by Gasteiger charge is -2.07. The van der Waals surface area contributed by atoms with Crippen LogP contribution in [0.5, 0.6) is 5.88 Å². The summed E-state index contributed by atoms with van der Waals surface area (Å²) in [5.74, 6) is 1.12. The number of hydrogen-bond acceptors (Lipinski definition) is 3. The maximum absolute atomic E-state index is 10.6. The third-order valence-corrected chi connectivity index (χ3v) is 2.09. The van der Waals surface area contributed by atoms with E-state index in [-0.39, 0.29) is 0 Å². The summed E-state index contributed by atoms with van der Waals surface area (Å²) in [4.78, 5) is 14.7. The van der Waals surface area contributed by atoms with Gasteiger partial charge in [-0.15, -0.1) is 0 Å². The third kappa shape index (κ3) is 4.11. The average Bonchev–Trinajstić information content (AvgIpc) is 2.24. The fourth-order valence-corrected chi connectivity index (χ4v) is 1.27. The molecule has 0 fully saturated rings. The van der Waals surface area contributed by atoms with Crippen LogP contribution in [0.15, 0.2) is 18.3 Å². The summed E-state index contributed by atoms with van der Waals surface area (Å²) in [7, 11) is 0. The molecule has 0 amide bonds. The molecule has 3 heteroatoms. The first-order valence-corrected chi connectivity index (χ1v) is 5.27. The van der Waals surface area contributed by atoms with E-state index >= 15 is 0 Å². The first-order chi connectivity index (χ1) is 7.24. The quantitative estimate of drug-likeness (QED) is 0.532. The second kappa shape index (κ2) is 6.17. The molecule has 1 aromatic rings. The van der Waals surface area contributed by atoms with E-state index in [0.29, 0.717) is 24.0 Å². The number of hydrogen-bond donors (Lipinski definition) is 0. The van der Waals surface area contributed by atoms with Crippen molar-refractivity contribution in [2.24, 2.45) is 5.92 Å². The predicted octanol–water partition coefficient (Wildman–Crippen LogP) is 2.71. The number of ether oxygens (including phenoxy) is 1. The minimum atomic E-state index is 0.441. The Morgan fingerprint density at radius 3 is 3.00 bits per heavy atom. The van der Waals surface area contributed by atoms with Crippen molar-refractivity contribution in [1.82, 2.24) is 4.98 Å². The second-order valence-electron chi connectivity index (χ2n) is 3.90. The van der Waals surface area contributed by atoms with Gasteiger partial charge in [-0.1, -0.05) is 13.8 Å². The molecule has 1 rings (SSSR count). The van der Waals surface area contributed by atoms with Gasteiger partial charge in [0.05, 0.1) is 12.2 Å². The standard InChI is InChI=1S/C12H17NO2/c1-10(2)5-4-8-15-12-11(9-14)6-3-7-13-12/h3,6-7,9-10H,4-5,8H2,1-2H3. The fraction of sp³-hybridized carbons (Fsp3) is 0.500. The van der Waals surface area contributed by atoms with E-state index in [0.717, 1.165) is 19.1 Å². The molecule has 0 unspecified atom stereocenters. The molecule has 1 aromatic heterocycles. The van der Waals surface area contributed by atoms with Gasteiger partial charge in [-0.2, -0.15) is 0 Å². The number of carbonyl (C=O) groups excluding carboxylic acids is 1. The highest BCUT2D eigenvalue weighted by Crippen LogP contribution is 2.12. The smallest absolute Gasteiger partial charge is 0.224 e. The predicted molar refractivity (Wildman–Crippen MR) is 59.2 cm³/mol. The molecule has 0 aliphatic rings. The molecule has 1 heterocycles. The summed E-state index contributed by atoms with van der Waals surface area (Å²) in [6.45, 7) is 4.98. The molecule has 0 aliphatic heterocycles. The average molecular weight is 207 g/mol. The maximum atomic E-state index is 10.6. The zero-order valence-corrected chi connectivity index (χ0v) is 9.27. The van der Waals surface area contributed by atoms with Crippen LogP contribution in [0.2, 0.25) is 0 Å². The molecule has 0 saturated carbocycles. The molecule has 82 valence electrons. The monoisotopic (exact) mass is 207 g/mol. The molecule has 0 atom stereocenters. The Morgan fingerprint density at radius 2 is 2.33 bits per heavy atom. The maximum Gasteiger partial charge on any atom is 0.224 e. The summed E-state index contributed by atoms with van der Waals surface area (Å²) in [5, 5.41) is 0. The number of rotatable bonds is 6. The van der Waals surface area contributed by atoms with E-state index in [1.807, 2.05) is 0 Å². The van der Waals surface area contributed by atoms with Crippen LogP contribution in [0.1, 0.15) is 37.0 Å². The summed E-state index contributed by atoms with van der Waals surface area (Å²) in [5.41, 5.74) is 0.516. The molecule has 0 aromatic carbocycles. The van der Waals surface area contributed by atoms with Crippen LogP contribution < -0.4 is 4.74 Å². The highest BCUT2D eigenvalue weighted by Gasteiger charge is 2.02. The minimum absolute atomic E-state index is 0.441. The van der Waals surface area contributed by atoms with Crippen molar-refractivity contribution >= 4 is 6.29 Å². The summed E-state index contributed by atoms with van der Waals surface area (Å²) in [6, 6.07) is 3.43. The van der Waals surface area contributed by atoms with E-state index in [1.54, 1.807) is 18.3 Å². The van der Waals surface area contributed by atoms with Crippen molar-refractivity contribution < 1.29 is 9.53 Å². The summed E-state index contributed by atoms with van der Waals surface area (Å²) < 4.78 is 5.44. The van der Waals surface area contributed by atoms with Crippen LogP contribution in [0.3, 0.4) is 0 Å². The van der Waals surface area contributed by atoms with Crippen LogP contribution in [0.4, 0.5) is 0 Å². The van der Waals surface area contributed by atoms with Crippen LogP contribution in [-0.4, -0.2) is 17.9 Å².